The number of benzene rings is 1. The number of methoxy groups -OCH3 is 1. The summed E-state index contributed by atoms with van der Waals surface area (Å²) < 4.78 is 37.3. The molecule has 0 aliphatic carbocycles. The van der Waals surface area contributed by atoms with Crippen molar-refractivity contribution in [3.05, 3.63) is 77.5 Å². The average molecular weight is 557 g/mol. The topological polar surface area (TPSA) is 123 Å². The highest BCUT2D eigenvalue weighted by Gasteiger charge is 2.31. The smallest absolute Gasteiger partial charge is 0.274 e. The molecule has 4 aromatic heterocycles. The predicted molar refractivity (Wildman–Crippen MR) is 146 cm³/mol. The van der Waals surface area contributed by atoms with Gasteiger partial charge in [-0.15, -0.1) is 5.10 Å². The van der Waals surface area contributed by atoms with Crippen LogP contribution in [0, 0.1) is 18.3 Å². The lowest BCUT2D eigenvalue weighted by Gasteiger charge is -2.37. The maximum Gasteiger partial charge on any atom is 0.274 e. The Balaban J connectivity index is 1.25. The molecule has 1 aromatic carbocycles. The van der Waals surface area contributed by atoms with E-state index in [1.54, 1.807) is 24.9 Å². The molecule has 1 N–H and O–H groups in total. The fraction of sp³-hybridized carbons (Fsp3) is 0.286. The van der Waals surface area contributed by atoms with Gasteiger partial charge in [-0.25, -0.2) is 23.4 Å². The van der Waals surface area contributed by atoms with Crippen LogP contribution in [0.25, 0.3) is 22.7 Å². The van der Waals surface area contributed by atoms with E-state index in [0.29, 0.717) is 29.0 Å². The van der Waals surface area contributed by atoms with Crippen molar-refractivity contribution in [2.75, 3.05) is 25.5 Å². The number of halogens is 2. The van der Waals surface area contributed by atoms with Gasteiger partial charge in [0.1, 0.15) is 18.2 Å². The van der Waals surface area contributed by atoms with Gasteiger partial charge in [0.2, 0.25) is 0 Å². The summed E-state index contributed by atoms with van der Waals surface area (Å²) in [7, 11) is 1.72. The van der Waals surface area contributed by atoms with Crippen LogP contribution in [-0.2, 0) is 17.2 Å². The Bertz CT molecular complexity index is 1760. The fourth-order valence-electron chi connectivity index (χ4n) is 4.78. The van der Waals surface area contributed by atoms with Crippen molar-refractivity contribution in [2.45, 2.75) is 32.4 Å². The molecule has 0 spiro atoms. The molecule has 0 saturated carbocycles. The first-order valence-electron chi connectivity index (χ1n) is 12.9. The number of alkyl halides is 2. The van der Waals surface area contributed by atoms with Gasteiger partial charge in [-0.1, -0.05) is 0 Å². The number of aromatic nitrogens is 7. The summed E-state index contributed by atoms with van der Waals surface area (Å²) in [5.41, 5.74) is 3.37. The molecule has 13 heteroatoms. The maximum atomic E-state index is 14.5. The lowest BCUT2D eigenvalue weighted by Crippen LogP contribution is -2.51. The monoisotopic (exact) mass is 556 g/mol. The summed E-state index contributed by atoms with van der Waals surface area (Å²) in [6.45, 7) is 4.99. The molecule has 1 aliphatic heterocycles. The van der Waals surface area contributed by atoms with Crippen LogP contribution in [0.4, 0.5) is 20.3 Å². The van der Waals surface area contributed by atoms with E-state index in [9.17, 15) is 14.0 Å². The number of anilines is 2. The second-order valence-electron chi connectivity index (χ2n) is 10.0. The number of nitriles is 1. The minimum atomic E-state index is -3.17. The molecule has 5 heterocycles. The molecule has 41 heavy (non-hydrogen) atoms. The molecule has 5 aromatic rings. The van der Waals surface area contributed by atoms with Gasteiger partial charge in [0, 0.05) is 45.0 Å². The second kappa shape index (κ2) is 10.3. The van der Waals surface area contributed by atoms with Crippen LogP contribution in [0.1, 0.15) is 29.6 Å². The summed E-state index contributed by atoms with van der Waals surface area (Å²) in [5, 5.41) is 25.2. The number of imidazole rings is 1. The Labute approximate surface area is 234 Å². The second-order valence-corrected chi connectivity index (χ2v) is 10.0. The third-order valence-electron chi connectivity index (χ3n) is 6.96. The number of hydrogen-bond acceptors (Lipinski definition) is 9. The zero-order chi connectivity index (χ0) is 28.7. The van der Waals surface area contributed by atoms with E-state index >= 15 is 0 Å². The Morgan fingerprint density at radius 1 is 1.12 bits per heavy atom. The molecule has 11 nitrogen and oxygen atoms in total. The molecule has 0 bridgehead atoms. The van der Waals surface area contributed by atoms with E-state index in [2.05, 4.69) is 35.5 Å². The standard InChI is InChI=1S/C28H26F2N10O/c1-17-10-20(12-31)37-40(17)27-22(28(2,29)30)6-9-26(34-27)39-16-32-23-11-18(4-7-24(23)39)33-25-8-5-19(35-36-25)13-38-14-21(15-38)41-3/h4-11,16,21H,13-15H2,1-3H3,(H,33,36). The lowest BCUT2D eigenvalue weighted by molar-refractivity contribution is -0.0340. The van der Waals surface area contributed by atoms with Crippen LogP contribution in [0.5, 0.6) is 0 Å². The summed E-state index contributed by atoms with van der Waals surface area (Å²) in [5.74, 6) is -2.25. The van der Waals surface area contributed by atoms with E-state index in [1.807, 2.05) is 36.4 Å². The molecule has 0 unspecified atom stereocenters. The van der Waals surface area contributed by atoms with Crippen molar-refractivity contribution in [3.8, 4) is 17.7 Å². The van der Waals surface area contributed by atoms with Gasteiger partial charge in [-0.05, 0) is 55.5 Å². The van der Waals surface area contributed by atoms with Gasteiger partial charge in [0.15, 0.2) is 17.3 Å². The molecule has 0 radical (unpaired) electrons. The number of rotatable bonds is 8. The van der Waals surface area contributed by atoms with Crippen molar-refractivity contribution in [1.29, 1.82) is 5.26 Å². The van der Waals surface area contributed by atoms with Crippen molar-refractivity contribution in [3.63, 3.8) is 0 Å². The van der Waals surface area contributed by atoms with Crippen LogP contribution in [0.2, 0.25) is 0 Å². The molecule has 1 saturated heterocycles. The van der Waals surface area contributed by atoms with Crippen LogP contribution >= 0.6 is 0 Å². The Morgan fingerprint density at radius 2 is 1.95 bits per heavy atom. The first kappa shape index (κ1) is 26.4. The Hall–Kier alpha value is -4.80. The average Bonchev–Trinajstić information content (AvgIpc) is 3.53. The number of nitrogens with one attached hydrogen (secondary N) is 1. The van der Waals surface area contributed by atoms with E-state index in [1.165, 1.54) is 22.9 Å². The van der Waals surface area contributed by atoms with Crippen molar-refractivity contribution >= 4 is 22.5 Å². The van der Waals surface area contributed by atoms with E-state index in [4.69, 9.17) is 4.74 Å². The molecule has 1 fully saturated rings. The van der Waals surface area contributed by atoms with E-state index in [-0.39, 0.29) is 17.1 Å². The normalized spacial score (nSPS) is 14.2. The molecular formula is C28H26F2N10O. The number of pyridine rings is 1. The first-order chi connectivity index (χ1) is 19.7. The largest absolute Gasteiger partial charge is 0.379 e. The van der Waals surface area contributed by atoms with Crippen LogP contribution in [-0.4, -0.2) is 65.7 Å². The number of likely N-dealkylation sites (tertiary alicyclic amines) is 1. The number of fused-ring (bicyclic) bond motifs is 1. The summed E-state index contributed by atoms with van der Waals surface area (Å²) in [4.78, 5) is 11.3. The van der Waals surface area contributed by atoms with Crippen LogP contribution in [0.3, 0.4) is 0 Å². The number of aryl methyl sites for hydroxylation is 1. The molecule has 1 aliphatic rings. The number of nitrogens with zero attached hydrogens (tertiary/aromatic N) is 9. The zero-order valence-electron chi connectivity index (χ0n) is 22.6. The molecule has 208 valence electrons. The highest BCUT2D eigenvalue weighted by atomic mass is 19.3. The van der Waals surface area contributed by atoms with Gasteiger partial charge >= 0.3 is 0 Å². The fourth-order valence-corrected chi connectivity index (χ4v) is 4.78. The van der Waals surface area contributed by atoms with Crippen LogP contribution in [0.15, 0.2) is 54.9 Å². The van der Waals surface area contributed by atoms with Gasteiger partial charge in [-0.2, -0.15) is 15.5 Å². The summed E-state index contributed by atoms with van der Waals surface area (Å²) >= 11 is 0. The highest BCUT2D eigenvalue weighted by Crippen LogP contribution is 2.33. The molecular weight excluding hydrogens is 530 g/mol. The minimum absolute atomic E-state index is 0.0521. The maximum absolute atomic E-state index is 14.5. The molecule has 0 atom stereocenters. The van der Waals surface area contributed by atoms with Crippen molar-refractivity contribution < 1.29 is 13.5 Å². The SMILES string of the molecule is COC1CN(Cc2ccc(Nc3ccc4c(c3)ncn4-c3ccc(C(C)(F)F)c(-n4nc(C#N)cc4C)n3)nn2)C1. The first-order valence-corrected chi connectivity index (χ1v) is 12.9. The summed E-state index contributed by atoms with van der Waals surface area (Å²) in [6.07, 6.45) is 1.87. The van der Waals surface area contributed by atoms with Gasteiger partial charge in [-0.3, -0.25) is 9.47 Å². The Kier molecular flexibility index (Phi) is 6.64. The van der Waals surface area contributed by atoms with Gasteiger partial charge in [0.05, 0.1) is 28.4 Å². The Morgan fingerprint density at radius 3 is 2.63 bits per heavy atom. The minimum Gasteiger partial charge on any atom is -0.379 e. The third-order valence-corrected chi connectivity index (χ3v) is 6.96. The number of hydrogen-bond donors (Lipinski definition) is 1. The van der Waals surface area contributed by atoms with Crippen molar-refractivity contribution in [2.24, 2.45) is 0 Å². The van der Waals surface area contributed by atoms with E-state index < -0.39 is 5.92 Å². The molecule has 0 amide bonds. The lowest BCUT2D eigenvalue weighted by atomic mass is 10.1. The van der Waals surface area contributed by atoms with Gasteiger partial charge < -0.3 is 10.1 Å². The third kappa shape index (κ3) is 5.22. The predicted octanol–water partition coefficient (Wildman–Crippen LogP) is 4.26. The quantitative estimate of drug-likeness (QED) is 0.299. The molecule has 6 rings (SSSR count). The van der Waals surface area contributed by atoms with Gasteiger partial charge in [0.25, 0.3) is 5.92 Å². The summed E-state index contributed by atoms with van der Waals surface area (Å²) in [6, 6.07) is 15.7. The zero-order valence-corrected chi connectivity index (χ0v) is 22.6. The van der Waals surface area contributed by atoms with E-state index in [0.717, 1.165) is 43.5 Å². The highest BCUT2D eigenvalue weighted by molar-refractivity contribution is 5.82. The number of ether oxygens (including phenoxy) is 1. The van der Waals surface area contributed by atoms with Crippen LogP contribution < -0.4 is 5.32 Å². The van der Waals surface area contributed by atoms with Crippen molar-refractivity contribution in [1.82, 2.24) is 39.4 Å².